The molecule has 1 atom stereocenters. The van der Waals surface area contributed by atoms with Crippen molar-refractivity contribution in [2.45, 2.75) is 12.5 Å². The second-order valence-electron chi connectivity index (χ2n) is 7.57. The van der Waals surface area contributed by atoms with Gasteiger partial charge in [0, 0.05) is 23.7 Å². The maximum atomic E-state index is 13.5. The van der Waals surface area contributed by atoms with Gasteiger partial charge in [-0.2, -0.15) is 5.10 Å². The predicted molar refractivity (Wildman–Crippen MR) is 122 cm³/mol. The van der Waals surface area contributed by atoms with Crippen LogP contribution in [0.15, 0.2) is 85.1 Å². The van der Waals surface area contributed by atoms with Gasteiger partial charge in [0.1, 0.15) is 17.2 Å². The number of carbonyl (C=O) groups is 1. The fourth-order valence-corrected chi connectivity index (χ4v) is 4.02. The molecule has 0 saturated carbocycles. The van der Waals surface area contributed by atoms with Crippen molar-refractivity contribution >= 4 is 5.91 Å². The molecule has 1 amide bonds. The molecular formula is C26H23N3O3. The summed E-state index contributed by atoms with van der Waals surface area (Å²) in [6.45, 7) is 0.560. The lowest BCUT2D eigenvalue weighted by molar-refractivity contribution is 0.0925. The van der Waals surface area contributed by atoms with Crippen LogP contribution in [-0.4, -0.2) is 29.4 Å². The van der Waals surface area contributed by atoms with Gasteiger partial charge in [0.15, 0.2) is 0 Å². The number of benzene rings is 3. The van der Waals surface area contributed by atoms with Gasteiger partial charge in [0.25, 0.3) is 5.91 Å². The third-order valence-electron chi connectivity index (χ3n) is 5.61. The highest BCUT2D eigenvalue weighted by molar-refractivity contribution is 6.00. The van der Waals surface area contributed by atoms with Crippen LogP contribution in [0.2, 0.25) is 0 Å². The second kappa shape index (κ2) is 8.59. The number of ether oxygens (including phenoxy) is 2. The summed E-state index contributed by atoms with van der Waals surface area (Å²) < 4.78 is 13.0. The van der Waals surface area contributed by atoms with Crippen LogP contribution in [0.3, 0.4) is 0 Å². The number of hydrogen-bond donors (Lipinski definition) is 1. The monoisotopic (exact) mass is 425 g/mol. The van der Waals surface area contributed by atoms with Crippen molar-refractivity contribution < 1.29 is 14.3 Å². The van der Waals surface area contributed by atoms with E-state index in [-0.39, 0.29) is 11.9 Å². The molecule has 0 bridgehead atoms. The Hall–Kier alpha value is -4.06. The zero-order valence-electron chi connectivity index (χ0n) is 17.7. The zero-order valence-corrected chi connectivity index (χ0v) is 17.7. The minimum Gasteiger partial charge on any atom is -0.496 e. The van der Waals surface area contributed by atoms with Crippen molar-refractivity contribution in [2.24, 2.45) is 0 Å². The van der Waals surface area contributed by atoms with Gasteiger partial charge in [-0.3, -0.25) is 4.79 Å². The fraction of sp³-hybridized carbons (Fsp3) is 0.154. The summed E-state index contributed by atoms with van der Waals surface area (Å²) >= 11 is 0. The lowest BCUT2D eigenvalue weighted by Gasteiger charge is -2.26. The van der Waals surface area contributed by atoms with Crippen molar-refractivity contribution in [3.05, 3.63) is 96.2 Å². The second-order valence-corrected chi connectivity index (χ2v) is 7.57. The van der Waals surface area contributed by atoms with Crippen molar-refractivity contribution in [2.75, 3.05) is 13.7 Å². The SMILES string of the molecule is COc1ccccc1-c1nn(-c2ccccc2)cc1C(=O)N[C@@H]1CCOc2ccccc21. The Morgan fingerprint density at radius 1 is 1.03 bits per heavy atom. The van der Waals surface area contributed by atoms with Gasteiger partial charge in [-0.1, -0.05) is 48.5 Å². The van der Waals surface area contributed by atoms with Gasteiger partial charge < -0.3 is 14.8 Å². The number of rotatable bonds is 5. The third-order valence-corrected chi connectivity index (χ3v) is 5.61. The van der Waals surface area contributed by atoms with Crippen molar-refractivity contribution in [3.8, 4) is 28.4 Å². The Balaban J connectivity index is 1.55. The molecule has 6 nitrogen and oxygen atoms in total. The smallest absolute Gasteiger partial charge is 0.255 e. The van der Waals surface area contributed by atoms with E-state index in [0.29, 0.717) is 30.0 Å². The number of nitrogens with zero attached hydrogens (tertiary/aromatic N) is 2. The molecule has 0 spiro atoms. The molecule has 1 N–H and O–H groups in total. The Morgan fingerprint density at radius 2 is 1.78 bits per heavy atom. The summed E-state index contributed by atoms with van der Waals surface area (Å²) in [6, 6.07) is 25.0. The molecule has 0 unspecified atom stereocenters. The van der Waals surface area contributed by atoms with E-state index in [1.165, 1.54) is 0 Å². The summed E-state index contributed by atoms with van der Waals surface area (Å²) in [5.41, 5.74) is 3.69. The van der Waals surface area contributed by atoms with E-state index < -0.39 is 0 Å². The first kappa shape index (κ1) is 19.9. The molecular weight excluding hydrogens is 402 g/mol. The number of para-hydroxylation sites is 3. The van der Waals surface area contributed by atoms with E-state index in [0.717, 1.165) is 22.6 Å². The number of carbonyl (C=O) groups excluding carboxylic acids is 1. The third kappa shape index (κ3) is 3.71. The van der Waals surface area contributed by atoms with Gasteiger partial charge in [0.2, 0.25) is 0 Å². The number of hydrogen-bond acceptors (Lipinski definition) is 4. The first-order chi connectivity index (χ1) is 15.7. The minimum atomic E-state index is -0.185. The highest BCUT2D eigenvalue weighted by atomic mass is 16.5. The van der Waals surface area contributed by atoms with Gasteiger partial charge in [-0.05, 0) is 30.3 Å². The van der Waals surface area contributed by atoms with Crippen molar-refractivity contribution in [1.82, 2.24) is 15.1 Å². The van der Waals surface area contributed by atoms with E-state index in [1.54, 1.807) is 18.0 Å². The fourth-order valence-electron chi connectivity index (χ4n) is 4.02. The molecule has 160 valence electrons. The molecule has 0 fully saturated rings. The van der Waals surface area contributed by atoms with E-state index in [4.69, 9.17) is 14.6 Å². The summed E-state index contributed by atoms with van der Waals surface area (Å²) in [5, 5.41) is 7.96. The first-order valence-electron chi connectivity index (χ1n) is 10.6. The molecule has 0 saturated heterocycles. The van der Waals surface area contributed by atoms with Gasteiger partial charge >= 0.3 is 0 Å². The average Bonchev–Trinajstić information content (AvgIpc) is 3.30. The number of aromatic nitrogens is 2. The Labute approximate surface area is 186 Å². The lowest BCUT2D eigenvalue weighted by Crippen LogP contribution is -2.32. The predicted octanol–water partition coefficient (Wildman–Crippen LogP) is 4.80. The minimum absolute atomic E-state index is 0.127. The summed E-state index contributed by atoms with van der Waals surface area (Å²) in [7, 11) is 1.62. The Bertz CT molecular complexity index is 1250. The van der Waals surface area contributed by atoms with Gasteiger partial charge in [0.05, 0.1) is 31.0 Å². The number of methoxy groups -OCH3 is 1. The van der Waals surface area contributed by atoms with Crippen molar-refractivity contribution in [1.29, 1.82) is 0 Å². The van der Waals surface area contributed by atoms with Crippen LogP contribution in [-0.2, 0) is 0 Å². The summed E-state index contributed by atoms with van der Waals surface area (Å²) in [5.74, 6) is 1.29. The quantitative estimate of drug-likeness (QED) is 0.499. The van der Waals surface area contributed by atoms with Crippen LogP contribution >= 0.6 is 0 Å². The van der Waals surface area contributed by atoms with E-state index >= 15 is 0 Å². The highest BCUT2D eigenvalue weighted by Crippen LogP contribution is 2.34. The normalized spacial score (nSPS) is 14.8. The number of fused-ring (bicyclic) bond motifs is 1. The van der Waals surface area contributed by atoms with E-state index in [2.05, 4.69) is 5.32 Å². The molecule has 32 heavy (non-hydrogen) atoms. The number of amides is 1. The van der Waals surface area contributed by atoms with Crippen LogP contribution in [0.25, 0.3) is 16.9 Å². The van der Waals surface area contributed by atoms with Crippen LogP contribution in [0.5, 0.6) is 11.5 Å². The van der Waals surface area contributed by atoms with Crippen LogP contribution in [0, 0.1) is 0 Å². The van der Waals surface area contributed by atoms with E-state index in [9.17, 15) is 4.79 Å². The summed E-state index contributed by atoms with van der Waals surface area (Å²) in [6.07, 6.45) is 2.48. The van der Waals surface area contributed by atoms with Gasteiger partial charge in [-0.25, -0.2) is 4.68 Å². The van der Waals surface area contributed by atoms with Gasteiger partial charge in [-0.15, -0.1) is 0 Å². The average molecular weight is 425 g/mol. The lowest BCUT2D eigenvalue weighted by atomic mass is 9.99. The van der Waals surface area contributed by atoms with Crippen LogP contribution in [0.1, 0.15) is 28.4 Å². The summed E-state index contributed by atoms with van der Waals surface area (Å²) in [4.78, 5) is 13.5. The standard InChI is InChI=1S/C26H23N3O3/c1-31-23-13-7-6-12-20(23)25-21(17-29(28-25)18-9-3-2-4-10-18)26(30)27-22-15-16-32-24-14-8-5-11-19(22)24/h2-14,17,22H,15-16H2,1H3,(H,27,30)/t22-/m1/s1. The van der Waals surface area contributed by atoms with Crippen LogP contribution < -0.4 is 14.8 Å². The molecule has 2 heterocycles. The topological polar surface area (TPSA) is 65.4 Å². The van der Waals surface area contributed by atoms with Crippen LogP contribution in [0.4, 0.5) is 0 Å². The molecule has 0 aliphatic carbocycles. The molecule has 1 aromatic heterocycles. The first-order valence-corrected chi connectivity index (χ1v) is 10.6. The molecule has 3 aromatic carbocycles. The zero-order chi connectivity index (χ0) is 21.9. The highest BCUT2D eigenvalue weighted by Gasteiger charge is 2.26. The number of nitrogens with one attached hydrogen (secondary N) is 1. The maximum Gasteiger partial charge on any atom is 0.255 e. The Morgan fingerprint density at radius 3 is 2.62 bits per heavy atom. The molecule has 1 aliphatic rings. The largest absolute Gasteiger partial charge is 0.496 e. The van der Waals surface area contributed by atoms with E-state index in [1.807, 2.05) is 78.9 Å². The maximum absolute atomic E-state index is 13.5. The molecule has 4 aromatic rings. The molecule has 5 rings (SSSR count). The molecule has 1 aliphatic heterocycles. The van der Waals surface area contributed by atoms with Crippen molar-refractivity contribution in [3.63, 3.8) is 0 Å². The molecule has 0 radical (unpaired) electrons. The Kier molecular flexibility index (Phi) is 5.34. The molecule has 6 heteroatoms.